The number of nitrogens with one attached hydrogen (secondary N) is 1. The number of carbonyl (C=O) groups is 1. The van der Waals surface area contributed by atoms with E-state index in [1.807, 2.05) is 25.1 Å². The molecular weight excluding hydrogens is 383 g/mol. The van der Waals surface area contributed by atoms with E-state index in [4.69, 9.17) is 0 Å². The average molecular weight is 402 g/mol. The number of piperazine rings is 1. The van der Waals surface area contributed by atoms with E-state index >= 15 is 0 Å². The van der Waals surface area contributed by atoms with Crippen molar-refractivity contribution in [3.05, 3.63) is 59.5 Å². The van der Waals surface area contributed by atoms with Crippen molar-refractivity contribution in [3.63, 3.8) is 0 Å². The number of aromatic amines is 1. The molecule has 0 aliphatic carbocycles. The molecule has 2 aromatic carbocycles. The summed E-state index contributed by atoms with van der Waals surface area (Å²) in [6.45, 7) is 2.57. The second kappa shape index (κ2) is 6.99. The lowest BCUT2D eigenvalue weighted by molar-refractivity contribution is 0.0693. The Morgan fingerprint density at radius 3 is 2.54 bits per heavy atom. The highest BCUT2D eigenvalue weighted by molar-refractivity contribution is 7.89. The Kier molecular flexibility index (Phi) is 4.64. The molecule has 1 fully saturated rings. The molecule has 0 radical (unpaired) electrons. The predicted molar refractivity (Wildman–Crippen MR) is 102 cm³/mol. The Morgan fingerprint density at radius 2 is 1.82 bits per heavy atom. The number of aromatic nitrogens is 2. The first-order valence-corrected chi connectivity index (χ1v) is 10.3. The summed E-state index contributed by atoms with van der Waals surface area (Å²) >= 11 is 0. The van der Waals surface area contributed by atoms with Gasteiger partial charge in [0.05, 0.1) is 5.52 Å². The number of nitrogens with zero attached hydrogens (tertiary/aromatic N) is 3. The zero-order valence-electron chi connectivity index (χ0n) is 15.2. The maximum atomic E-state index is 13.9. The third-order valence-corrected chi connectivity index (χ3v) is 6.83. The van der Waals surface area contributed by atoms with E-state index < -0.39 is 15.8 Å². The molecule has 0 unspecified atom stereocenters. The first-order chi connectivity index (χ1) is 13.4. The van der Waals surface area contributed by atoms with Gasteiger partial charge < -0.3 is 4.90 Å². The Bertz CT molecular complexity index is 1150. The molecule has 1 N–H and O–H groups in total. The maximum Gasteiger partial charge on any atom is 0.275 e. The minimum absolute atomic E-state index is 0.101. The van der Waals surface area contributed by atoms with Gasteiger partial charge in [0.25, 0.3) is 5.91 Å². The third kappa shape index (κ3) is 3.16. The summed E-state index contributed by atoms with van der Waals surface area (Å²) in [4.78, 5) is 14.1. The number of sulfonamides is 1. The topological polar surface area (TPSA) is 86.4 Å². The van der Waals surface area contributed by atoms with Crippen molar-refractivity contribution in [2.75, 3.05) is 26.2 Å². The molecule has 0 bridgehead atoms. The summed E-state index contributed by atoms with van der Waals surface area (Å²) in [6, 6.07) is 11.0. The van der Waals surface area contributed by atoms with Crippen molar-refractivity contribution >= 4 is 26.8 Å². The fourth-order valence-corrected chi connectivity index (χ4v) is 4.85. The number of hydrogen-bond acceptors (Lipinski definition) is 4. The zero-order chi connectivity index (χ0) is 19.9. The molecule has 146 valence electrons. The Morgan fingerprint density at radius 1 is 1.11 bits per heavy atom. The van der Waals surface area contributed by atoms with Gasteiger partial charge >= 0.3 is 0 Å². The van der Waals surface area contributed by atoms with Crippen LogP contribution in [-0.4, -0.2) is 59.9 Å². The molecule has 0 saturated carbocycles. The van der Waals surface area contributed by atoms with Gasteiger partial charge in [-0.1, -0.05) is 23.8 Å². The average Bonchev–Trinajstić information content (AvgIpc) is 3.10. The minimum Gasteiger partial charge on any atom is -0.335 e. The number of rotatable bonds is 3. The van der Waals surface area contributed by atoms with Gasteiger partial charge in [0, 0.05) is 31.6 Å². The van der Waals surface area contributed by atoms with Crippen LogP contribution in [0.5, 0.6) is 0 Å². The van der Waals surface area contributed by atoms with E-state index in [1.54, 1.807) is 4.90 Å². The van der Waals surface area contributed by atoms with E-state index in [0.29, 0.717) is 5.69 Å². The Labute approximate surface area is 161 Å². The maximum absolute atomic E-state index is 13.9. The monoisotopic (exact) mass is 402 g/mol. The third-order valence-electron chi connectivity index (χ3n) is 4.90. The van der Waals surface area contributed by atoms with Crippen LogP contribution in [0.3, 0.4) is 0 Å². The minimum atomic E-state index is -3.94. The van der Waals surface area contributed by atoms with Crippen LogP contribution >= 0.6 is 0 Å². The SMILES string of the molecule is Cc1ccc2[nH]nc(C(=O)N3CCN(S(=O)(=O)c4ccccc4F)CC3)c2c1. The van der Waals surface area contributed by atoms with Crippen molar-refractivity contribution in [3.8, 4) is 0 Å². The molecular formula is C19H19FN4O3S. The van der Waals surface area contributed by atoms with Crippen molar-refractivity contribution in [2.24, 2.45) is 0 Å². The lowest BCUT2D eigenvalue weighted by atomic mass is 10.1. The van der Waals surface area contributed by atoms with Gasteiger partial charge in [0.2, 0.25) is 10.0 Å². The van der Waals surface area contributed by atoms with E-state index in [2.05, 4.69) is 10.2 Å². The van der Waals surface area contributed by atoms with Crippen molar-refractivity contribution < 1.29 is 17.6 Å². The van der Waals surface area contributed by atoms with Crippen LogP contribution in [0, 0.1) is 12.7 Å². The lowest BCUT2D eigenvalue weighted by Crippen LogP contribution is -2.50. The molecule has 7 nitrogen and oxygen atoms in total. The van der Waals surface area contributed by atoms with Gasteiger partial charge in [-0.2, -0.15) is 9.40 Å². The fourth-order valence-electron chi connectivity index (χ4n) is 3.37. The molecule has 28 heavy (non-hydrogen) atoms. The number of carbonyl (C=O) groups excluding carboxylic acids is 1. The molecule has 1 aromatic heterocycles. The standard InChI is InChI=1S/C19H19FN4O3S/c1-13-6-7-16-14(12-13)18(22-21-16)19(25)23-8-10-24(11-9-23)28(26,27)17-5-3-2-4-15(17)20/h2-7,12H,8-11H2,1H3,(H,21,22). The van der Waals surface area contributed by atoms with Crippen molar-refractivity contribution in [1.29, 1.82) is 0 Å². The van der Waals surface area contributed by atoms with Crippen LogP contribution < -0.4 is 0 Å². The highest BCUT2D eigenvalue weighted by Gasteiger charge is 2.32. The smallest absolute Gasteiger partial charge is 0.275 e. The quantitative estimate of drug-likeness (QED) is 0.727. The largest absolute Gasteiger partial charge is 0.335 e. The van der Waals surface area contributed by atoms with Crippen molar-refractivity contribution in [2.45, 2.75) is 11.8 Å². The van der Waals surface area contributed by atoms with E-state index in [9.17, 15) is 17.6 Å². The summed E-state index contributed by atoms with van der Waals surface area (Å²) in [7, 11) is -3.94. The van der Waals surface area contributed by atoms with E-state index in [0.717, 1.165) is 22.5 Å². The molecule has 0 atom stereocenters. The molecule has 1 amide bonds. The summed E-state index contributed by atoms with van der Waals surface area (Å²) in [5.74, 6) is -1.03. The number of hydrogen-bond donors (Lipinski definition) is 1. The fraction of sp³-hybridized carbons (Fsp3) is 0.263. The highest BCUT2D eigenvalue weighted by atomic mass is 32.2. The predicted octanol–water partition coefficient (Wildman–Crippen LogP) is 2.16. The lowest BCUT2D eigenvalue weighted by Gasteiger charge is -2.33. The number of amides is 1. The Hall–Kier alpha value is -2.78. The van der Waals surface area contributed by atoms with Gasteiger partial charge in [0.15, 0.2) is 5.69 Å². The second-order valence-electron chi connectivity index (χ2n) is 6.75. The van der Waals surface area contributed by atoms with Crippen LogP contribution in [-0.2, 0) is 10.0 Å². The van der Waals surface area contributed by atoms with Crippen molar-refractivity contribution in [1.82, 2.24) is 19.4 Å². The molecule has 1 saturated heterocycles. The summed E-state index contributed by atoms with van der Waals surface area (Å²) in [6.07, 6.45) is 0. The van der Waals surface area contributed by atoms with Gasteiger partial charge in [0.1, 0.15) is 10.7 Å². The van der Waals surface area contributed by atoms with E-state index in [1.165, 1.54) is 22.5 Å². The molecule has 4 rings (SSSR count). The van der Waals surface area contributed by atoms with E-state index in [-0.39, 0.29) is 37.0 Å². The number of halogens is 1. The Balaban J connectivity index is 1.52. The normalized spacial score (nSPS) is 15.9. The zero-order valence-corrected chi connectivity index (χ0v) is 16.0. The first-order valence-electron chi connectivity index (χ1n) is 8.86. The number of H-pyrrole nitrogens is 1. The molecule has 9 heteroatoms. The molecule has 1 aliphatic heterocycles. The summed E-state index contributed by atoms with van der Waals surface area (Å²) in [5.41, 5.74) is 2.11. The van der Waals surface area contributed by atoms with Gasteiger partial charge in [-0.3, -0.25) is 9.89 Å². The van der Waals surface area contributed by atoms with Crippen LogP contribution in [0.4, 0.5) is 4.39 Å². The van der Waals surface area contributed by atoms with Crippen LogP contribution in [0.25, 0.3) is 10.9 Å². The first kappa shape index (κ1) is 18.6. The molecule has 0 spiro atoms. The number of benzene rings is 2. The second-order valence-corrected chi connectivity index (χ2v) is 8.65. The summed E-state index contributed by atoms with van der Waals surface area (Å²) in [5, 5.41) is 7.73. The highest BCUT2D eigenvalue weighted by Crippen LogP contribution is 2.22. The van der Waals surface area contributed by atoms with Crippen LogP contribution in [0.15, 0.2) is 47.4 Å². The van der Waals surface area contributed by atoms with Crippen LogP contribution in [0.1, 0.15) is 16.1 Å². The molecule has 1 aliphatic rings. The molecule has 2 heterocycles. The number of fused-ring (bicyclic) bond motifs is 1. The summed E-state index contributed by atoms with van der Waals surface area (Å²) < 4.78 is 40.5. The van der Waals surface area contributed by atoms with Gasteiger partial charge in [-0.05, 0) is 31.2 Å². The number of aryl methyl sites for hydroxylation is 1. The van der Waals surface area contributed by atoms with Gasteiger partial charge in [-0.15, -0.1) is 0 Å². The van der Waals surface area contributed by atoms with Gasteiger partial charge in [-0.25, -0.2) is 12.8 Å². The van der Waals surface area contributed by atoms with Crippen LogP contribution in [0.2, 0.25) is 0 Å². The molecule has 3 aromatic rings.